The van der Waals surface area contributed by atoms with Gasteiger partial charge in [-0.2, -0.15) is 18.3 Å². The number of aromatic nitrogens is 3. The Morgan fingerprint density at radius 1 is 1.27 bits per heavy atom. The predicted molar refractivity (Wildman–Crippen MR) is 101 cm³/mol. The Morgan fingerprint density at radius 3 is 2.40 bits per heavy atom. The molecule has 0 aliphatic rings. The molecule has 0 fully saturated rings. The Kier molecular flexibility index (Phi) is 7.11. The maximum absolute atomic E-state index is 13.8. The summed E-state index contributed by atoms with van der Waals surface area (Å²) in [5.74, 6) is -0.814. The van der Waals surface area contributed by atoms with Gasteiger partial charge in [0.05, 0.1) is 17.7 Å². The zero-order chi connectivity index (χ0) is 22.9. The van der Waals surface area contributed by atoms with Gasteiger partial charge in [0.1, 0.15) is 5.02 Å². The minimum atomic E-state index is -4.53. The highest BCUT2D eigenvalue weighted by atomic mass is 35.5. The molecule has 0 unspecified atom stereocenters. The van der Waals surface area contributed by atoms with Crippen LogP contribution in [0.2, 0.25) is 5.02 Å². The van der Waals surface area contributed by atoms with Crippen LogP contribution in [0.25, 0.3) is 11.3 Å². The second-order valence-electron chi connectivity index (χ2n) is 7.17. The summed E-state index contributed by atoms with van der Waals surface area (Å²) in [6.45, 7) is 5.45. The molecule has 5 nitrogen and oxygen atoms in total. The van der Waals surface area contributed by atoms with E-state index >= 15 is 0 Å². The first kappa shape index (κ1) is 24.0. The van der Waals surface area contributed by atoms with Crippen molar-refractivity contribution in [1.82, 2.24) is 14.8 Å². The predicted octanol–water partition coefficient (Wildman–Crippen LogP) is 5.86. The van der Waals surface area contributed by atoms with E-state index < -0.39 is 36.0 Å². The first-order valence-corrected chi connectivity index (χ1v) is 9.49. The molecule has 11 heteroatoms. The molecular formula is C19H21ClF5N3O2. The van der Waals surface area contributed by atoms with Crippen molar-refractivity contribution in [2.45, 2.75) is 53.3 Å². The van der Waals surface area contributed by atoms with E-state index in [1.54, 1.807) is 13.8 Å². The van der Waals surface area contributed by atoms with Crippen LogP contribution in [0.15, 0.2) is 12.3 Å². The first-order valence-electron chi connectivity index (χ1n) is 9.11. The fourth-order valence-electron chi connectivity index (χ4n) is 2.80. The highest BCUT2D eigenvalue weighted by molar-refractivity contribution is 6.35. The molecule has 0 bridgehead atoms. The number of esters is 1. The van der Waals surface area contributed by atoms with Crippen molar-refractivity contribution < 1.29 is 31.5 Å². The van der Waals surface area contributed by atoms with E-state index in [1.807, 2.05) is 0 Å². The third kappa shape index (κ3) is 4.74. The average Bonchev–Trinajstić information content (AvgIpc) is 2.97. The van der Waals surface area contributed by atoms with E-state index in [9.17, 15) is 26.7 Å². The Labute approximate surface area is 175 Å². The van der Waals surface area contributed by atoms with E-state index in [2.05, 4.69) is 10.1 Å². The second kappa shape index (κ2) is 8.87. The van der Waals surface area contributed by atoms with Gasteiger partial charge in [-0.15, -0.1) is 0 Å². The van der Waals surface area contributed by atoms with Crippen molar-refractivity contribution in [3.05, 3.63) is 34.2 Å². The molecule has 2 heterocycles. The summed E-state index contributed by atoms with van der Waals surface area (Å²) in [6, 6.07) is 0.931. The van der Waals surface area contributed by atoms with Gasteiger partial charge in [-0.25, -0.2) is 13.6 Å². The molecule has 0 N–H and O–H groups in total. The summed E-state index contributed by atoms with van der Waals surface area (Å²) in [5, 5.41) is 3.83. The van der Waals surface area contributed by atoms with Crippen molar-refractivity contribution in [2.24, 2.45) is 5.41 Å². The molecule has 0 amide bonds. The number of hydrogen-bond acceptors (Lipinski definition) is 4. The molecule has 0 atom stereocenters. The van der Waals surface area contributed by atoms with Crippen LogP contribution >= 0.6 is 11.6 Å². The van der Waals surface area contributed by atoms with Crippen molar-refractivity contribution >= 4 is 17.6 Å². The lowest BCUT2D eigenvalue weighted by Gasteiger charge is -2.27. The maximum atomic E-state index is 13.8. The quantitative estimate of drug-likeness (QED) is 0.389. The Balaban J connectivity index is 2.59. The number of pyridine rings is 1. The van der Waals surface area contributed by atoms with Crippen molar-refractivity contribution in [2.75, 3.05) is 6.61 Å². The Morgan fingerprint density at radius 2 is 1.90 bits per heavy atom. The number of ether oxygens (including phenoxy) is 1. The van der Waals surface area contributed by atoms with Gasteiger partial charge in [0.25, 0.3) is 6.43 Å². The summed E-state index contributed by atoms with van der Waals surface area (Å²) in [6.07, 6.45) is -7.09. The molecule has 0 aliphatic carbocycles. The number of carbonyl (C=O) groups is 1. The number of halogens is 6. The number of hydrogen-bond donors (Lipinski definition) is 0. The summed E-state index contributed by atoms with van der Waals surface area (Å²) in [4.78, 5) is 16.0. The number of alkyl halides is 5. The van der Waals surface area contributed by atoms with Crippen LogP contribution in [0, 0.1) is 5.41 Å². The van der Waals surface area contributed by atoms with Crippen LogP contribution in [-0.4, -0.2) is 33.5 Å². The largest absolute Gasteiger partial charge is 0.461 e. The molecule has 0 spiro atoms. The molecule has 0 saturated carbocycles. The topological polar surface area (TPSA) is 57.0 Å². The summed E-state index contributed by atoms with van der Waals surface area (Å²) >= 11 is 6.25. The van der Waals surface area contributed by atoms with Crippen LogP contribution in [0.3, 0.4) is 0 Å². The maximum Gasteiger partial charge on any atom is 0.394 e. The molecule has 0 saturated heterocycles. The van der Waals surface area contributed by atoms with E-state index in [1.165, 1.54) is 4.68 Å². The van der Waals surface area contributed by atoms with Gasteiger partial charge in [0.15, 0.2) is 5.69 Å². The van der Waals surface area contributed by atoms with Gasteiger partial charge in [0, 0.05) is 36.0 Å². The highest BCUT2D eigenvalue weighted by Crippen LogP contribution is 2.41. The van der Waals surface area contributed by atoms with E-state index in [0.29, 0.717) is 0 Å². The second-order valence-corrected chi connectivity index (χ2v) is 7.55. The van der Waals surface area contributed by atoms with Crippen molar-refractivity contribution in [1.29, 1.82) is 0 Å². The average molecular weight is 454 g/mol. The third-order valence-corrected chi connectivity index (χ3v) is 4.89. The van der Waals surface area contributed by atoms with Crippen LogP contribution in [0.1, 0.15) is 55.9 Å². The molecule has 0 aliphatic heterocycles. The van der Waals surface area contributed by atoms with Gasteiger partial charge in [0.2, 0.25) is 0 Å². The van der Waals surface area contributed by atoms with Crippen LogP contribution in [-0.2, 0) is 17.7 Å². The summed E-state index contributed by atoms with van der Waals surface area (Å²) < 4.78 is 73.2. The first-order chi connectivity index (χ1) is 13.8. The molecule has 2 rings (SSSR count). The Bertz CT molecular complexity index is 926. The van der Waals surface area contributed by atoms with Gasteiger partial charge in [-0.3, -0.25) is 9.67 Å². The minimum absolute atomic E-state index is 0.0200. The van der Waals surface area contributed by atoms with E-state index in [0.717, 1.165) is 26.1 Å². The highest BCUT2D eigenvalue weighted by Gasteiger charge is 2.47. The van der Waals surface area contributed by atoms with E-state index in [-0.39, 0.29) is 40.8 Å². The SMILES string of the molecule is CCOC(=O)c1nn(CC)c(-c2cnc(CC(C)(C)C(F)(F)F)cc2C(F)F)c1Cl. The number of carbonyl (C=O) groups excluding carboxylic acids is 1. The molecule has 0 radical (unpaired) electrons. The molecule has 2 aromatic rings. The standard InChI is InChI=1S/C19H21ClF5N3O2/c1-5-28-15(13(20)14(27-28)17(29)30-6-2)12-9-26-10(7-11(12)16(21)22)8-18(3,4)19(23,24)25/h7,9,16H,5-6,8H2,1-4H3. The van der Waals surface area contributed by atoms with Gasteiger partial charge >= 0.3 is 12.1 Å². The number of nitrogens with zero attached hydrogens (tertiary/aromatic N) is 3. The van der Waals surface area contributed by atoms with Crippen LogP contribution < -0.4 is 0 Å². The lowest BCUT2D eigenvalue weighted by molar-refractivity contribution is -0.211. The fourth-order valence-corrected chi connectivity index (χ4v) is 3.11. The Hall–Kier alpha value is -2.23. The van der Waals surface area contributed by atoms with Gasteiger partial charge in [-0.05, 0) is 19.9 Å². The van der Waals surface area contributed by atoms with Crippen LogP contribution in [0.5, 0.6) is 0 Å². The normalized spacial score (nSPS) is 12.5. The zero-order valence-corrected chi connectivity index (χ0v) is 17.5. The lowest BCUT2D eigenvalue weighted by atomic mass is 9.86. The molecule has 166 valence electrons. The molecule has 2 aromatic heterocycles. The zero-order valence-electron chi connectivity index (χ0n) is 16.8. The summed E-state index contributed by atoms with van der Waals surface area (Å²) in [5.41, 5.74) is -3.18. The van der Waals surface area contributed by atoms with Crippen molar-refractivity contribution in [3.63, 3.8) is 0 Å². The summed E-state index contributed by atoms with van der Waals surface area (Å²) in [7, 11) is 0. The fraction of sp³-hybridized carbons (Fsp3) is 0.526. The molecular weight excluding hydrogens is 433 g/mol. The molecule has 30 heavy (non-hydrogen) atoms. The third-order valence-electron chi connectivity index (χ3n) is 4.54. The van der Waals surface area contributed by atoms with Gasteiger partial charge in [-0.1, -0.05) is 25.4 Å². The number of aryl methyl sites for hydroxylation is 1. The van der Waals surface area contributed by atoms with E-state index in [4.69, 9.17) is 16.3 Å². The molecule has 0 aromatic carbocycles. The number of rotatable bonds is 7. The van der Waals surface area contributed by atoms with Crippen LogP contribution in [0.4, 0.5) is 22.0 Å². The minimum Gasteiger partial charge on any atom is -0.461 e. The monoisotopic (exact) mass is 453 g/mol. The smallest absolute Gasteiger partial charge is 0.394 e. The van der Waals surface area contributed by atoms with Gasteiger partial charge < -0.3 is 4.74 Å². The lowest BCUT2D eigenvalue weighted by Crippen LogP contribution is -2.34. The van der Waals surface area contributed by atoms with Crippen molar-refractivity contribution in [3.8, 4) is 11.3 Å².